The Hall–Kier alpha value is -0.320. The van der Waals surface area contributed by atoms with Crippen molar-refractivity contribution in [1.82, 2.24) is 0 Å². The van der Waals surface area contributed by atoms with E-state index >= 15 is 0 Å². The topological polar surface area (TPSA) is 0 Å². The van der Waals surface area contributed by atoms with Gasteiger partial charge in [0.05, 0.1) is 0 Å². The van der Waals surface area contributed by atoms with Gasteiger partial charge in [0.25, 0.3) is 0 Å². The normalized spacial score (nSPS) is 13.2. The summed E-state index contributed by atoms with van der Waals surface area (Å²) in [5, 5.41) is 0. The second-order valence-corrected chi connectivity index (χ2v) is 11.6. The maximum Gasteiger partial charge on any atom is -0.147 e. The van der Waals surface area contributed by atoms with Crippen LogP contribution in [0.15, 0.2) is 42.7 Å². The van der Waals surface area contributed by atoms with E-state index in [1.54, 1.807) is 0 Å². The Morgan fingerprint density at radius 2 is 1.47 bits per heavy atom. The van der Waals surface area contributed by atoms with Crippen molar-refractivity contribution in [1.29, 1.82) is 0 Å². The number of hydrogen-bond donors (Lipinski definition) is 0. The second-order valence-electron chi connectivity index (χ2n) is 4.85. The van der Waals surface area contributed by atoms with Crippen molar-refractivity contribution < 1.29 is 0 Å². The standard InChI is InChI=1S/C15H25P.ClH/c1-5-16(6-2,7-3,8-4)14-15-12-10-9-11-13-15;/h5,9-13H,1,6-8,14H2,2-4H3;1H. The van der Waals surface area contributed by atoms with Crippen molar-refractivity contribution in [2.24, 2.45) is 0 Å². The molecule has 0 nitrogen and oxygen atoms in total. The first-order valence-electron chi connectivity index (χ1n) is 6.32. The molecule has 0 unspecified atom stereocenters. The molecule has 0 fully saturated rings. The Bertz CT molecular complexity index is 330. The number of halogens is 1. The molecule has 0 N–H and O–H groups in total. The van der Waals surface area contributed by atoms with Gasteiger partial charge in [0.2, 0.25) is 0 Å². The van der Waals surface area contributed by atoms with Crippen LogP contribution in [0.2, 0.25) is 0 Å². The maximum atomic E-state index is 4.17. The first kappa shape index (κ1) is 16.7. The third kappa shape index (κ3) is 3.33. The van der Waals surface area contributed by atoms with E-state index in [0.29, 0.717) is 0 Å². The van der Waals surface area contributed by atoms with Crippen LogP contribution < -0.4 is 0 Å². The van der Waals surface area contributed by atoms with E-state index < -0.39 is 6.60 Å². The zero-order valence-corrected chi connectivity index (χ0v) is 13.1. The molecule has 0 radical (unpaired) electrons. The third-order valence-corrected chi connectivity index (χ3v) is 11.9. The fourth-order valence-electron chi connectivity index (χ4n) is 2.53. The van der Waals surface area contributed by atoms with Gasteiger partial charge in [0.15, 0.2) is 0 Å². The van der Waals surface area contributed by atoms with Crippen molar-refractivity contribution in [3.05, 3.63) is 48.3 Å². The second kappa shape index (κ2) is 6.57. The molecule has 0 saturated heterocycles. The summed E-state index contributed by atoms with van der Waals surface area (Å²) >= 11 is 0. The largest absolute Gasteiger partial charge is 0.147 e. The summed E-state index contributed by atoms with van der Waals surface area (Å²) in [6, 6.07) is 10.9. The fraction of sp³-hybridized carbons (Fsp3) is 0.467. The Morgan fingerprint density at radius 3 is 1.82 bits per heavy atom. The monoisotopic (exact) mass is 272 g/mol. The van der Waals surface area contributed by atoms with E-state index in [1.807, 2.05) is 0 Å². The average Bonchev–Trinajstić information content (AvgIpc) is 2.38. The molecular weight excluding hydrogens is 247 g/mol. The quantitative estimate of drug-likeness (QED) is 0.611. The Morgan fingerprint density at radius 1 is 1.00 bits per heavy atom. The maximum absolute atomic E-state index is 4.17. The van der Waals surface area contributed by atoms with Crippen LogP contribution in [-0.4, -0.2) is 18.5 Å². The van der Waals surface area contributed by atoms with Crippen molar-refractivity contribution in [2.75, 3.05) is 18.5 Å². The van der Waals surface area contributed by atoms with E-state index in [1.165, 1.54) is 30.2 Å². The van der Waals surface area contributed by atoms with E-state index in [0.717, 1.165) is 0 Å². The summed E-state index contributed by atoms with van der Waals surface area (Å²) < 4.78 is 0. The van der Waals surface area contributed by atoms with Gasteiger partial charge in [-0.05, 0) is 0 Å². The van der Waals surface area contributed by atoms with Gasteiger partial charge in [-0.15, -0.1) is 12.4 Å². The molecule has 2 heteroatoms. The molecule has 0 heterocycles. The zero-order chi connectivity index (χ0) is 12.1. The molecule has 1 aromatic carbocycles. The van der Waals surface area contributed by atoms with Crippen LogP contribution in [0.1, 0.15) is 26.3 Å². The Labute approximate surface area is 113 Å². The predicted molar refractivity (Wildman–Crippen MR) is 86.1 cm³/mol. The number of rotatable bonds is 6. The summed E-state index contributed by atoms with van der Waals surface area (Å²) in [5.41, 5.74) is 1.48. The van der Waals surface area contributed by atoms with Crippen molar-refractivity contribution in [2.45, 2.75) is 26.9 Å². The van der Waals surface area contributed by atoms with Gasteiger partial charge in [-0.1, -0.05) is 0 Å². The summed E-state index contributed by atoms with van der Waals surface area (Å²) in [6.45, 7) is 9.51. The minimum atomic E-state index is -1.69. The van der Waals surface area contributed by atoms with Crippen molar-refractivity contribution >= 4 is 19.0 Å². The molecule has 0 aliphatic rings. The van der Waals surface area contributed by atoms with E-state index in [2.05, 4.69) is 63.5 Å². The minimum absolute atomic E-state index is 0. The third-order valence-electron chi connectivity index (χ3n) is 4.53. The number of hydrogen-bond acceptors (Lipinski definition) is 0. The van der Waals surface area contributed by atoms with Gasteiger partial charge < -0.3 is 0 Å². The molecule has 1 rings (SSSR count). The van der Waals surface area contributed by atoms with Gasteiger partial charge in [-0.2, -0.15) is 0 Å². The van der Waals surface area contributed by atoms with Crippen LogP contribution in [0.4, 0.5) is 0 Å². The SMILES string of the molecule is C=CP(CC)(CC)(CC)Cc1ccccc1.Cl. The van der Waals surface area contributed by atoms with Crippen LogP contribution in [-0.2, 0) is 6.16 Å². The van der Waals surface area contributed by atoms with Gasteiger partial charge in [0.1, 0.15) is 0 Å². The summed E-state index contributed by atoms with van der Waals surface area (Å²) in [6.07, 6.45) is 5.10. The van der Waals surface area contributed by atoms with Crippen molar-refractivity contribution in [3.8, 4) is 0 Å². The molecule has 0 aliphatic heterocycles. The van der Waals surface area contributed by atoms with Crippen LogP contribution >= 0.6 is 19.0 Å². The number of benzene rings is 1. The minimum Gasteiger partial charge on any atom is -0.147 e. The van der Waals surface area contributed by atoms with Gasteiger partial charge >= 0.3 is 100 Å². The molecule has 17 heavy (non-hydrogen) atoms. The Kier molecular flexibility index (Phi) is 6.45. The van der Waals surface area contributed by atoms with Gasteiger partial charge in [0, 0.05) is 0 Å². The summed E-state index contributed by atoms with van der Waals surface area (Å²) in [4.78, 5) is 0. The molecule has 98 valence electrons. The van der Waals surface area contributed by atoms with Crippen LogP contribution in [0, 0.1) is 0 Å². The van der Waals surface area contributed by atoms with Gasteiger partial charge in [-0.25, -0.2) is 0 Å². The zero-order valence-electron chi connectivity index (χ0n) is 11.4. The Balaban J connectivity index is 0.00000256. The average molecular weight is 273 g/mol. The first-order chi connectivity index (χ1) is 7.63. The molecule has 0 bridgehead atoms. The smallest absolute Gasteiger partial charge is 0.147 e. The fourth-order valence-corrected chi connectivity index (χ4v) is 6.65. The van der Waals surface area contributed by atoms with E-state index in [-0.39, 0.29) is 12.4 Å². The summed E-state index contributed by atoms with van der Waals surface area (Å²) in [5.74, 6) is 2.33. The molecule has 1 aromatic rings. The summed E-state index contributed by atoms with van der Waals surface area (Å²) in [7, 11) is 0. The molecule has 0 aromatic heterocycles. The molecule has 0 spiro atoms. The van der Waals surface area contributed by atoms with Crippen LogP contribution in [0.25, 0.3) is 0 Å². The molecule has 0 saturated carbocycles. The van der Waals surface area contributed by atoms with Crippen LogP contribution in [0.5, 0.6) is 0 Å². The first-order valence-corrected chi connectivity index (χ1v) is 9.36. The molecular formula is C15H26ClP. The molecule has 0 amide bonds. The van der Waals surface area contributed by atoms with Gasteiger partial charge in [-0.3, -0.25) is 0 Å². The van der Waals surface area contributed by atoms with Crippen molar-refractivity contribution in [3.63, 3.8) is 0 Å². The van der Waals surface area contributed by atoms with E-state index in [9.17, 15) is 0 Å². The van der Waals surface area contributed by atoms with E-state index in [4.69, 9.17) is 0 Å². The molecule has 0 aliphatic carbocycles. The van der Waals surface area contributed by atoms with Crippen LogP contribution in [0.3, 0.4) is 0 Å². The molecule has 0 atom stereocenters. The predicted octanol–water partition coefficient (Wildman–Crippen LogP) is 5.36.